The Bertz CT molecular complexity index is 627. The van der Waals surface area contributed by atoms with Crippen LogP contribution >= 0.6 is 0 Å². The Morgan fingerprint density at radius 3 is 2.55 bits per heavy atom. The summed E-state index contributed by atoms with van der Waals surface area (Å²) in [6.07, 6.45) is 1.00. The zero-order valence-corrected chi connectivity index (χ0v) is 11.9. The fraction of sp³-hybridized carbons (Fsp3) is 0.364. The molecule has 0 fully saturated rings. The number of nitrogens with zero attached hydrogens (tertiary/aromatic N) is 1. The minimum Gasteiger partial charge on any atom is -0.351 e. The maximum absolute atomic E-state index is 11.9. The van der Waals surface area contributed by atoms with Gasteiger partial charge in [0.25, 0.3) is 11.6 Å². The van der Waals surface area contributed by atoms with Crippen molar-refractivity contribution in [2.45, 2.75) is 6.92 Å². The van der Waals surface area contributed by atoms with Crippen LogP contribution in [0.3, 0.4) is 0 Å². The summed E-state index contributed by atoms with van der Waals surface area (Å²) >= 11 is 0. The molecule has 0 saturated carbocycles. The van der Waals surface area contributed by atoms with E-state index in [-0.39, 0.29) is 24.3 Å². The maximum Gasteiger partial charge on any atom is 0.285 e. The number of para-hydroxylation sites is 1. The summed E-state index contributed by atoms with van der Waals surface area (Å²) in [5.74, 6) is -0.615. The van der Waals surface area contributed by atoms with E-state index in [1.54, 1.807) is 19.1 Å². The highest BCUT2D eigenvalue weighted by Crippen LogP contribution is 2.22. The number of rotatable bonds is 6. The third-order valence-corrected chi connectivity index (χ3v) is 3.17. The van der Waals surface area contributed by atoms with Crippen molar-refractivity contribution >= 4 is 21.6 Å². The zero-order valence-electron chi connectivity index (χ0n) is 11.0. The number of nitro benzene ring substituents is 1. The van der Waals surface area contributed by atoms with Crippen LogP contribution in [0.2, 0.25) is 0 Å². The van der Waals surface area contributed by atoms with E-state index in [2.05, 4.69) is 10.0 Å². The number of amides is 1. The van der Waals surface area contributed by atoms with Gasteiger partial charge in [0.15, 0.2) is 0 Å². The number of nitrogens with one attached hydrogen (secondary N) is 2. The molecule has 110 valence electrons. The van der Waals surface area contributed by atoms with Crippen LogP contribution in [0.5, 0.6) is 0 Å². The fourth-order valence-electron chi connectivity index (χ4n) is 1.59. The maximum atomic E-state index is 11.9. The predicted molar refractivity (Wildman–Crippen MR) is 73.0 cm³/mol. The Morgan fingerprint density at radius 1 is 1.35 bits per heavy atom. The van der Waals surface area contributed by atoms with Gasteiger partial charge in [-0.2, -0.15) is 0 Å². The minimum atomic E-state index is -3.32. The van der Waals surface area contributed by atoms with Crippen molar-refractivity contribution in [1.29, 1.82) is 0 Å². The molecule has 1 aromatic carbocycles. The number of hydrogen-bond donors (Lipinski definition) is 2. The number of benzene rings is 1. The van der Waals surface area contributed by atoms with E-state index in [1.807, 2.05) is 0 Å². The first-order valence-corrected chi connectivity index (χ1v) is 7.58. The quantitative estimate of drug-likeness (QED) is 0.441. The van der Waals surface area contributed by atoms with Gasteiger partial charge in [-0.15, -0.1) is 0 Å². The van der Waals surface area contributed by atoms with Crippen LogP contribution in [-0.2, 0) is 10.0 Å². The highest BCUT2D eigenvalue weighted by atomic mass is 32.2. The van der Waals surface area contributed by atoms with Crippen LogP contribution in [0, 0.1) is 17.0 Å². The molecule has 0 aliphatic carbocycles. The molecule has 0 bridgehead atoms. The second kappa shape index (κ2) is 6.44. The standard InChI is InChI=1S/C11H15N3O5S/c1-8-4-3-5-9(10(8)14(16)17)11(15)12-6-7-13-20(2,18)19/h3-5,13H,6-7H2,1-2H3,(H,12,15). The van der Waals surface area contributed by atoms with E-state index in [4.69, 9.17) is 0 Å². The normalized spacial score (nSPS) is 11.1. The van der Waals surface area contributed by atoms with Gasteiger partial charge in [0.1, 0.15) is 5.56 Å². The number of aryl methyl sites for hydroxylation is 1. The molecule has 0 saturated heterocycles. The van der Waals surface area contributed by atoms with Crippen molar-refractivity contribution in [1.82, 2.24) is 10.0 Å². The van der Waals surface area contributed by atoms with E-state index in [1.165, 1.54) is 6.07 Å². The van der Waals surface area contributed by atoms with Crippen LogP contribution in [-0.4, -0.2) is 38.6 Å². The first kappa shape index (κ1) is 16.1. The van der Waals surface area contributed by atoms with Crippen molar-refractivity contribution in [3.8, 4) is 0 Å². The summed E-state index contributed by atoms with van der Waals surface area (Å²) < 4.78 is 23.8. The molecule has 9 heteroatoms. The Morgan fingerprint density at radius 2 is 2.00 bits per heavy atom. The molecule has 2 N–H and O–H groups in total. The Balaban J connectivity index is 2.74. The average molecular weight is 301 g/mol. The highest BCUT2D eigenvalue weighted by Gasteiger charge is 2.21. The van der Waals surface area contributed by atoms with E-state index in [0.29, 0.717) is 5.56 Å². The average Bonchev–Trinajstić information content (AvgIpc) is 2.32. The largest absolute Gasteiger partial charge is 0.351 e. The van der Waals surface area contributed by atoms with Gasteiger partial charge in [-0.3, -0.25) is 14.9 Å². The summed E-state index contributed by atoms with van der Waals surface area (Å²) in [5, 5.41) is 13.4. The summed E-state index contributed by atoms with van der Waals surface area (Å²) in [5.41, 5.74) is 0.0901. The monoisotopic (exact) mass is 301 g/mol. The first-order chi connectivity index (χ1) is 9.22. The van der Waals surface area contributed by atoms with E-state index in [9.17, 15) is 23.3 Å². The second-order valence-electron chi connectivity index (χ2n) is 4.15. The molecule has 1 rings (SSSR count). The smallest absolute Gasteiger partial charge is 0.285 e. The van der Waals surface area contributed by atoms with Crippen LogP contribution < -0.4 is 10.0 Å². The molecule has 0 spiro atoms. The zero-order chi connectivity index (χ0) is 15.3. The molecule has 1 amide bonds. The van der Waals surface area contributed by atoms with Gasteiger partial charge >= 0.3 is 0 Å². The van der Waals surface area contributed by atoms with Gasteiger partial charge in [-0.1, -0.05) is 12.1 Å². The molecule has 0 atom stereocenters. The van der Waals surface area contributed by atoms with Gasteiger partial charge in [-0.05, 0) is 13.0 Å². The van der Waals surface area contributed by atoms with E-state index in [0.717, 1.165) is 6.26 Å². The van der Waals surface area contributed by atoms with Crippen molar-refractivity contribution in [2.24, 2.45) is 0 Å². The molecule has 1 aromatic rings. The molecule has 20 heavy (non-hydrogen) atoms. The van der Waals surface area contributed by atoms with Crippen molar-refractivity contribution in [3.05, 3.63) is 39.4 Å². The Kier molecular flexibility index (Phi) is 5.17. The molecule has 0 unspecified atom stereocenters. The summed E-state index contributed by atoms with van der Waals surface area (Å²) in [4.78, 5) is 22.2. The first-order valence-electron chi connectivity index (χ1n) is 5.69. The summed E-state index contributed by atoms with van der Waals surface area (Å²) in [7, 11) is -3.32. The highest BCUT2D eigenvalue weighted by molar-refractivity contribution is 7.88. The van der Waals surface area contributed by atoms with Crippen LogP contribution in [0.25, 0.3) is 0 Å². The molecule has 0 heterocycles. The number of carbonyl (C=O) groups excluding carboxylic acids is 1. The lowest BCUT2D eigenvalue weighted by molar-refractivity contribution is -0.385. The molecule has 8 nitrogen and oxygen atoms in total. The molecular formula is C11H15N3O5S. The Hall–Kier alpha value is -2.00. The number of sulfonamides is 1. The topological polar surface area (TPSA) is 118 Å². The third-order valence-electron chi connectivity index (χ3n) is 2.44. The predicted octanol–water partition coefficient (Wildman–Crippen LogP) is 0.182. The van der Waals surface area contributed by atoms with Gasteiger partial charge in [-0.25, -0.2) is 13.1 Å². The summed E-state index contributed by atoms with van der Waals surface area (Å²) in [6.45, 7) is 1.60. The van der Waals surface area contributed by atoms with Crippen molar-refractivity contribution < 1.29 is 18.1 Å². The lowest BCUT2D eigenvalue weighted by Gasteiger charge is -2.07. The lowest BCUT2D eigenvalue weighted by Crippen LogP contribution is -2.34. The molecule has 0 aliphatic rings. The van der Waals surface area contributed by atoms with Crippen molar-refractivity contribution in [3.63, 3.8) is 0 Å². The van der Waals surface area contributed by atoms with Crippen molar-refractivity contribution in [2.75, 3.05) is 19.3 Å². The van der Waals surface area contributed by atoms with Gasteiger partial charge in [0.2, 0.25) is 10.0 Å². The van der Waals surface area contributed by atoms with Gasteiger partial charge in [0, 0.05) is 18.7 Å². The Labute approximate surface area is 116 Å². The minimum absolute atomic E-state index is 0.0180. The molecule has 0 aromatic heterocycles. The van der Waals surface area contributed by atoms with Gasteiger partial charge < -0.3 is 5.32 Å². The van der Waals surface area contributed by atoms with Crippen LogP contribution in [0.1, 0.15) is 15.9 Å². The lowest BCUT2D eigenvalue weighted by atomic mass is 10.1. The summed E-state index contributed by atoms with van der Waals surface area (Å²) in [6, 6.07) is 4.44. The van der Waals surface area contributed by atoms with E-state index >= 15 is 0 Å². The SMILES string of the molecule is Cc1cccc(C(=O)NCCNS(C)(=O)=O)c1[N+](=O)[O-]. The van der Waals surface area contributed by atoms with E-state index < -0.39 is 20.9 Å². The third kappa shape index (κ3) is 4.59. The molecule has 0 radical (unpaired) electrons. The second-order valence-corrected chi connectivity index (χ2v) is 5.98. The molecule has 0 aliphatic heterocycles. The fourth-order valence-corrected chi connectivity index (χ4v) is 2.07. The van der Waals surface area contributed by atoms with Gasteiger partial charge in [0.05, 0.1) is 11.2 Å². The number of nitro groups is 1. The molecular weight excluding hydrogens is 286 g/mol. The van der Waals surface area contributed by atoms with Crippen LogP contribution in [0.15, 0.2) is 18.2 Å². The van der Waals surface area contributed by atoms with Crippen LogP contribution in [0.4, 0.5) is 5.69 Å². The number of carbonyl (C=O) groups is 1. The number of hydrogen-bond acceptors (Lipinski definition) is 5.